The van der Waals surface area contributed by atoms with Crippen molar-refractivity contribution in [2.75, 3.05) is 25.0 Å². The average Bonchev–Trinajstić information content (AvgIpc) is 3.16. The summed E-state index contributed by atoms with van der Waals surface area (Å²) in [7, 11) is 0. The Bertz CT molecular complexity index is 1010. The van der Waals surface area contributed by atoms with Gasteiger partial charge in [0.15, 0.2) is 0 Å². The minimum atomic E-state index is -1.02. The van der Waals surface area contributed by atoms with Gasteiger partial charge in [-0.25, -0.2) is 4.98 Å². The van der Waals surface area contributed by atoms with Crippen LogP contribution in [0.4, 0.5) is 5.82 Å². The van der Waals surface area contributed by atoms with Crippen molar-refractivity contribution >= 4 is 23.6 Å². The molecule has 4 rings (SSSR count). The highest BCUT2D eigenvalue weighted by Gasteiger charge is 2.33. The van der Waals surface area contributed by atoms with Gasteiger partial charge < -0.3 is 20.6 Å². The molecule has 1 unspecified atom stereocenters. The molecule has 3 N–H and O–H groups in total. The second-order valence-corrected chi connectivity index (χ2v) is 8.63. The van der Waals surface area contributed by atoms with Crippen LogP contribution < -0.4 is 10.6 Å². The van der Waals surface area contributed by atoms with Crippen LogP contribution >= 0.6 is 0 Å². The fraction of sp³-hybridized carbons (Fsp3) is 0.458. The fourth-order valence-corrected chi connectivity index (χ4v) is 4.48. The van der Waals surface area contributed by atoms with Crippen LogP contribution in [-0.4, -0.2) is 57.4 Å². The molecular formula is C24H29N5O4. The first-order chi connectivity index (χ1) is 16.0. The van der Waals surface area contributed by atoms with Crippen molar-refractivity contribution in [2.24, 2.45) is 5.92 Å². The number of nitrogens with one attached hydrogen (secondary N) is 2. The number of aliphatic carboxylic acids is 1. The quantitative estimate of drug-likeness (QED) is 0.532. The van der Waals surface area contributed by atoms with E-state index in [0.29, 0.717) is 31.4 Å². The van der Waals surface area contributed by atoms with E-state index in [2.05, 4.69) is 21.7 Å². The summed E-state index contributed by atoms with van der Waals surface area (Å²) < 4.78 is 0. The van der Waals surface area contributed by atoms with Crippen molar-refractivity contribution in [3.63, 3.8) is 0 Å². The number of likely N-dealkylation sites (tertiary alicyclic amines) is 1. The molecule has 2 amide bonds. The first kappa shape index (κ1) is 22.7. The zero-order valence-corrected chi connectivity index (χ0v) is 18.5. The number of carbonyl (C=O) groups excluding carboxylic acids is 2. The van der Waals surface area contributed by atoms with Crippen molar-refractivity contribution in [1.82, 2.24) is 20.2 Å². The van der Waals surface area contributed by atoms with Crippen LogP contribution in [0.5, 0.6) is 0 Å². The summed E-state index contributed by atoms with van der Waals surface area (Å²) in [6.07, 6.45) is 7.15. The highest BCUT2D eigenvalue weighted by Crippen LogP contribution is 2.25. The normalized spacial score (nSPS) is 18.4. The summed E-state index contributed by atoms with van der Waals surface area (Å²) in [6.45, 7) is 1.38. The number of nitrogens with zero attached hydrogens (tertiary/aromatic N) is 3. The summed E-state index contributed by atoms with van der Waals surface area (Å²) in [6, 6.07) is 6.88. The predicted octanol–water partition coefficient (Wildman–Crippen LogP) is 1.95. The van der Waals surface area contributed by atoms with Crippen molar-refractivity contribution < 1.29 is 19.5 Å². The number of aryl methyl sites for hydroxylation is 2. The molecule has 4 heterocycles. The van der Waals surface area contributed by atoms with Crippen LogP contribution in [0.2, 0.25) is 0 Å². The lowest BCUT2D eigenvalue weighted by atomic mass is 9.99. The highest BCUT2D eigenvalue weighted by molar-refractivity contribution is 5.87. The molecule has 33 heavy (non-hydrogen) atoms. The molecule has 2 aromatic rings. The topological polar surface area (TPSA) is 125 Å². The lowest BCUT2D eigenvalue weighted by molar-refractivity contribution is -0.138. The lowest BCUT2D eigenvalue weighted by Crippen LogP contribution is -2.40. The Labute approximate surface area is 192 Å². The van der Waals surface area contributed by atoms with Crippen molar-refractivity contribution in [1.29, 1.82) is 0 Å². The number of anilines is 1. The Morgan fingerprint density at radius 2 is 2.18 bits per heavy atom. The molecule has 0 saturated carbocycles. The maximum Gasteiger partial charge on any atom is 0.305 e. The van der Waals surface area contributed by atoms with E-state index in [1.807, 2.05) is 6.07 Å². The maximum atomic E-state index is 12.8. The van der Waals surface area contributed by atoms with Crippen LogP contribution in [0.15, 0.2) is 36.7 Å². The first-order valence-electron chi connectivity index (χ1n) is 11.4. The monoisotopic (exact) mass is 451 g/mol. The Balaban J connectivity index is 1.29. The van der Waals surface area contributed by atoms with Gasteiger partial charge in [0.2, 0.25) is 11.8 Å². The predicted molar refractivity (Wildman–Crippen MR) is 121 cm³/mol. The summed E-state index contributed by atoms with van der Waals surface area (Å²) in [4.78, 5) is 46.9. The molecule has 174 valence electrons. The van der Waals surface area contributed by atoms with Crippen LogP contribution in [-0.2, 0) is 27.2 Å². The van der Waals surface area contributed by atoms with Crippen molar-refractivity contribution in [3.8, 4) is 0 Å². The number of hydrogen-bond acceptors (Lipinski definition) is 6. The lowest BCUT2D eigenvalue weighted by Gasteiger charge is -2.21. The van der Waals surface area contributed by atoms with E-state index >= 15 is 0 Å². The van der Waals surface area contributed by atoms with Crippen LogP contribution in [0.1, 0.15) is 48.5 Å². The number of aromatic nitrogens is 2. The van der Waals surface area contributed by atoms with E-state index in [0.717, 1.165) is 30.9 Å². The Morgan fingerprint density at radius 1 is 1.30 bits per heavy atom. The van der Waals surface area contributed by atoms with Gasteiger partial charge in [-0.3, -0.25) is 19.4 Å². The van der Waals surface area contributed by atoms with E-state index in [4.69, 9.17) is 4.98 Å². The Hall–Kier alpha value is -3.49. The molecule has 0 aromatic carbocycles. The zero-order valence-electron chi connectivity index (χ0n) is 18.5. The standard InChI is InChI=1S/C24H29N5O4/c30-21(28-20(13-22(31)32)18-4-1-10-25-14-18)15-29-12-9-17(24(29)33)6-8-19-7-5-16-3-2-11-26-23(16)27-19/h1,4-5,7,10,14,17,20H,2-3,6,8-9,11-13,15H2,(H,26,27)(H,28,30)(H,31,32)/t17?,20-/m0/s1. The Kier molecular flexibility index (Phi) is 7.16. The van der Waals surface area contributed by atoms with Gasteiger partial charge in [0.25, 0.3) is 0 Å². The summed E-state index contributed by atoms with van der Waals surface area (Å²) in [5.74, 6) is -0.595. The van der Waals surface area contributed by atoms with Gasteiger partial charge >= 0.3 is 5.97 Å². The number of carbonyl (C=O) groups is 3. The molecule has 1 fully saturated rings. The van der Waals surface area contributed by atoms with Gasteiger partial charge in [-0.2, -0.15) is 0 Å². The second kappa shape index (κ2) is 10.4. The molecule has 2 aromatic heterocycles. The maximum absolute atomic E-state index is 12.8. The van der Waals surface area contributed by atoms with Crippen LogP contribution in [0.3, 0.4) is 0 Å². The number of rotatable bonds is 9. The average molecular weight is 452 g/mol. The number of fused-ring (bicyclic) bond motifs is 1. The molecule has 0 spiro atoms. The van der Waals surface area contributed by atoms with Gasteiger partial charge in [0.05, 0.1) is 19.0 Å². The van der Waals surface area contributed by atoms with E-state index in [-0.39, 0.29) is 30.7 Å². The zero-order chi connectivity index (χ0) is 23.2. The number of carboxylic acid groups (broad SMARTS) is 1. The third-order valence-corrected chi connectivity index (χ3v) is 6.24. The van der Waals surface area contributed by atoms with Gasteiger partial charge in [-0.15, -0.1) is 0 Å². The van der Waals surface area contributed by atoms with Crippen LogP contribution in [0.25, 0.3) is 0 Å². The fourth-order valence-electron chi connectivity index (χ4n) is 4.48. The van der Waals surface area contributed by atoms with Crippen LogP contribution in [0, 0.1) is 5.92 Å². The number of carboxylic acids is 1. The minimum absolute atomic E-state index is 0.0302. The number of amides is 2. The van der Waals surface area contributed by atoms with Gasteiger partial charge in [0, 0.05) is 37.1 Å². The van der Waals surface area contributed by atoms with Crippen molar-refractivity contribution in [2.45, 2.75) is 44.6 Å². The molecule has 9 heteroatoms. The van der Waals surface area contributed by atoms with E-state index < -0.39 is 12.0 Å². The molecule has 0 aliphatic carbocycles. The van der Waals surface area contributed by atoms with Crippen molar-refractivity contribution in [3.05, 3.63) is 53.5 Å². The van der Waals surface area contributed by atoms with Gasteiger partial charge in [-0.05, 0) is 55.4 Å². The SMILES string of the molecule is O=C(O)C[C@H](NC(=O)CN1CCC(CCc2ccc3c(n2)NCCC3)C1=O)c1cccnc1. The molecule has 2 atom stereocenters. The minimum Gasteiger partial charge on any atom is -0.481 e. The Morgan fingerprint density at radius 3 is 2.97 bits per heavy atom. The first-order valence-corrected chi connectivity index (χ1v) is 11.4. The molecule has 0 radical (unpaired) electrons. The van der Waals surface area contributed by atoms with E-state index in [9.17, 15) is 19.5 Å². The van der Waals surface area contributed by atoms with Gasteiger partial charge in [0.1, 0.15) is 5.82 Å². The van der Waals surface area contributed by atoms with E-state index in [1.54, 1.807) is 23.2 Å². The molecule has 9 nitrogen and oxygen atoms in total. The molecule has 1 saturated heterocycles. The smallest absolute Gasteiger partial charge is 0.305 e. The summed E-state index contributed by atoms with van der Waals surface area (Å²) in [5.41, 5.74) is 2.83. The second-order valence-electron chi connectivity index (χ2n) is 8.63. The summed E-state index contributed by atoms with van der Waals surface area (Å²) >= 11 is 0. The third kappa shape index (κ3) is 5.85. The molecule has 0 bridgehead atoms. The number of pyridine rings is 2. The van der Waals surface area contributed by atoms with E-state index in [1.165, 1.54) is 11.8 Å². The molecule has 2 aliphatic heterocycles. The largest absolute Gasteiger partial charge is 0.481 e. The molecule has 2 aliphatic rings. The highest BCUT2D eigenvalue weighted by atomic mass is 16.4. The summed E-state index contributed by atoms with van der Waals surface area (Å²) in [5, 5.41) is 15.3. The van der Waals surface area contributed by atoms with Gasteiger partial charge in [-0.1, -0.05) is 12.1 Å². The third-order valence-electron chi connectivity index (χ3n) is 6.24. The number of hydrogen-bond donors (Lipinski definition) is 3. The molecular weight excluding hydrogens is 422 g/mol.